The van der Waals surface area contributed by atoms with Gasteiger partial charge in [-0.05, 0) is 19.1 Å². The molecule has 0 spiro atoms. The summed E-state index contributed by atoms with van der Waals surface area (Å²) in [6.45, 7) is 1.94. The molecule has 1 aromatic carbocycles. The van der Waals surface area contributed by atoms with Crippen LogP contribution in [0, 0.1) is 6.92 Å². The second-order valence-electron chi connectivity index (χ2n) is 3.59. The van der Waals surface area contributed by atoms with Gasteiger partial charge in [-0.3, -0.25) is 14.6 Å². The van der Waals surface area contributed by atoms with Gasteiger partial charge in [-0.2, -0.15) is 0 Å². The molecule has 2 rings (SSSR count). The van der Waals surface area contributed by atoms with Crippen LogP contribution >= 0.6 is 0 Å². The number of benzene rings is 1. The molecule has 0 aliphatic carbocycles. The lowest BCUT2D eigenvalue weighted by atomic mass is 10.1. The van der Waals surface area contributed by atoms with Crippen molar-refractivity contribution >= 4 is 0 Å². The van der Waals surface area contributed by atoms with Gasteiger partial charge in [-0.1, -0.05) is 11.6 Å². The number of phenols is 1. The molecule has 4 heteroatoms. The quantitative estimate of drug-likeness (QED) is 0.737. The van der Waals surface area contributed by atoms with Crippen molar-refractivity contribution in [2.75, 3.05) is 0 Å². The third kappa shape index (κ3) is 1.66. The number of hydrogen-bond acceptors (Lipinski definition) is 2. The lowest BCUT2D eigenvalue weighted by Crippen LogP contribution is -2.00. The Morgan fingerprint density at radius 3 is 2.67 bits per heavy atom. The molecule has 0 amide bonds. The SMILES string of the molecule is Cc1ccc(O)c(-c2cc(=O)[nH]n2C)c1. The van der Waals surface area contributed by atoms with Gasteiger partial charge in [0.05, 0.1) is 5.69 Å². The molecule has 0 bridgehead atoms. The minimum absolute atomic E-state index is 0.173. The van der Waals surface area contributed by atoms with Gasteiger partial charge in [0.25, 0.3) is 5.56 Å². The van der Waals surface area contributed by atoms with Crippen LogP contribution < -0.4 is 5.56 Å². The standard InChI is InChI=1S/C11H12N2O2/c1-7-3-4-10(14)8(5-7)9-6-11(15)12-13(9)2/h3-6,14H,1-2H3,(H,12,15). The number of aromatic amines is 1. The fourth-order valence-corrected chi connectivity index (χ4v) is 1.59. The van der Waals surface area contributed by atoms with Crippen molar-refractivity contribution in [2.24, 2.45) is 7.05 Å². The average Bonchev–Trinajstić information content (AvgIpc) is 2.50. The Labute approximate surface area is 86.8 Å². The average molecular weight is 204 g/mol. The number of rotatable bonds is 1. The molecule has 0 atom stereocenters. The van der Waals surface area contributed by atoms with Crippen LogP contribution in [-0.2, 0) is 7.05 Å². The Morgan fingerprint density at radius 1 is 1.33 bits per heavy atom. The first-order chi connectivity index (χ1) is 7.08. The molecule has 2 aromatic rings. The summed E-state index contributed by atoms with van der Waals surface area (Å²) in [6, 6.07) is 6.76. The number of hydrogen-bond donors (Lipinski definition) is 2. The Hall–Kier alpha value is -1.97. The number of aryl methyl sites for hydroxylation is 2. The predicted molar refractivity (Wildman–Crippen MR) is 57.9 cm³/mol. The highest BCUT2D eigenvalue weighted by atomic mass is 16.3. The molecule has 4 nitrogen and oxygen atoms in total. The van der Waals surface area contributed by atoms with Crippen molar-refractivity contribution < 1.29 is 5.11 Å². The van der Waals surface area contributed by atoms with Crippen molar-refractivity contribution in [3.8, 4) is 17.0 Å². The van der Waals surface area contributed by atoms with Crippen molar-refractivity contribution in [3.05, 3.63) is 40.2 Å². The fraction of sp³-hybridized carbons (Fsp3) is 0.182. The van der Waals surface area contributed by atoms with Gasteiger partial charge in [-0.15, -0.1) is 0 Å². The van der Waals surface area contributed by atoms with Gasteiger partial charge in [0, 0.05) is 18.7 Å². The molecule has 1 heterocycles. The topological polar surface area (TPSA) is 58.0 Å². The summed E-state index contributed by atoms with van der Waals surface area (Å²) in [5.74, 6) is 0.176. The summed E-state index contributed by atoms with van der Waals surface area (Å²) in [5.41, 5.74) is 2.21. The zero-order valence-corrected chi connectivity index (χ0v) is 8.61. The van der Waals surface area contributed by atoms with E-state index >= 15 is 0 Å². The molecule has 0 unspecified atom stereocenters. The largest absolute Gasteiger partial charge is 0.507 e. The molecule has 2 N–H and O–H groups in total. The zero-order chi connectivity index (χ0) is 11.0. The summed E-state index contributed by atoms with van der Waals surface area (Å²) in [4.78, 5) is 11.1. The highest BCUT2D eigenvalue weighted by molar-refractivity contribution is 5.67. The van der Waals surface area contributed by atoms with Gasteiger partial charge in [0.2, 0.25) is 0 Å². The van der Waals surface area contributed by atoms with Crippen molar-refractivity contribution in [1.29, 1.82) is 0 Å². The Kier molecular flexibility index (Phi) is 2.11. The number of aromatic hydroxyl groups is 1. The highest BCUT2D eigenvalue weighted by Gasteiger charge is 2.08. The van der Waals surface area contributed by atoms with E-state index in [1.54, 1.807) is 17.8 Å². The van der Waals surface area contributed by atoms with E-state index in [0.29, 0.717) is 11.3 Å². The fourth-order valence-electron chi connectivity index (χ4n) is 1.59. The molecular formula is C11H12N2O2. The van der Waals surface area contributed by atoms with Crippen LogP contribution in [0.15, 0.2) is 29.1 Å². The molecule has 1 aromatic heterocycles. The number of aromatic nitrogens is 2. The minimum Gasteiger partial charge on any atom is -0.507 e. The molecular weight excluding hydrogens is 192 g/mol. The third-order valence-corrected chi connectivity index (χ3v) is 2.34. The Balaban J connectivity index is 2.68. The van der Waals surface area contributed by atoms with Crippen molar-refractivity contribution in [3.63, 3.8) is 0 Å². The van der Waals surface area contributed by atoms with E-state index in [-0.39, 0.29) is 11.3 Å². The van der Waals surface area contributed by atoms with Gasteiger partial charge >= 0.3 is 0 Å². The maximum absolute atomic E-state index is 11.1. The maximum atomic E-state index is 11.1. The number of nitrogens with zero attached hydrogens (tertiary/aromatic N) is 1. The van der Waals surface area contributed by atoms with Crippen LogP contribution in [0.25, 0.3) is 11.3 Å². The van der Waals surface area contributed by atoms with Crippen molar-refractivity contribution in [1.82, 2.24) is 9.78 Å². The van der Waals surface area contributed by atoms with E-state index in [2.05, 4.69) is 5.10 Å². The van der Waals surface area contributed by atoms with E-state index in [4.69, 9.17) is 0 Å². The lowest BCUT2D eigenvalue weighted by molar-refractivity contribution is 0.476. The summed E-state index contributed by atoms with van der Waals surface area (Å²) in [6.07, 6.45) is 0. The lowest BCUT2D eigenvalue weighted by Gasteiger charge is -2.06. The van der Waals surface area contributed by atoms with Crippen LogP contribution in [0.3, 0.4) is 0 Å². The van der Waals surface area contributed by atoms with Gasteiger partial charge < -0.3 is 5.11 Å². The molecule has 0 aliphatic rings. The van der Waals surface area contributed by atoms with E-state index in [0.717, 1.165) is 5.56 Å². The number of H-pyrrole nitrogens is 1. The smallest absolute Gasteiger partial charge is 0.264 e. The second-order valence-corrected chi connectivity index (χ2v) is 3.59. The summed E-state index contributed by atoms with van der Waals surface area (Å²) in [5, 5.41) is 12.3. The molecule has 0 radical (unpaired) electrons. The first-order valence-corrected chi connectivity index (χ1v) is 4.64. The van der Waals surface area contributed by atoms with Crippen LogP contribution in [0.1, 0.15) is 5.56 Å². The normalized spacial score (nSPS) is 10.5. The highest BCUT2D eigenvalue weighted by Crippen LogP contribution is 2.28. The third-order valence-electron chi connectivity index (χ3n) is 2.34. The van der Waals surface area contributed by atoms with Crippen LogP contribution in [0.4, 0.5) is 0 Å². The number of phenolic OH excluding ortho intramolecular Hbond substituents is 1. The van der Waals surface area contributed by atoms with E-state index in [1.165, 1.54) is 6.07 Å². The molecule has 0 fully saturated rings. The zero-order valence-electron chi connectivity index (χ0n) is 8.61. The number of nitrogens with one attached hydrogen (secondary N) is 1. The van der Waals surface area contributed by atoms with Gasteiger partial charge in [0.1, 0.15) is 5.75 Å². The molecule has 0 aliphatic heterocycles. The van der Waals surface area contributed by atoms with E-state index in [9.17, 15) is 9.90 Å². The van der Waals surface area contributed by atoms with E-state index in [1.807, 2.05) is 19.1 Å². The summed E-state index contributed by atoms with van der Waals surface area (Å²) >= 11 is 0. The molecule has 15 heavy (non-hydrogen) atoms. The van der Waals surface area contributed by atoms with Crippen LogP contribution in [0.2, 0.25) is 0 Å². The maximum Gasteiger partial charge on any atom is 0.264 e. The first-order valence-electron chi connectivity index (χ1n) is 4.64. The van der Waals surface area contributed by atoms with Crippen LogP contribution in [-0.4, -0.2) is 14.9 Å². The van der Waals surface area contributed by atoms with Gasteiger partial charge in [0.15, 0.2) is 0 Å². The molecule has 0 saturated carbocycles. The molecule has 78 valence electrons. The van der Waals surface area contributed by atoms with Gasteiger partial charge in [-0.25, -0.2) is 0 Å². The Morgan fingerprint density at radius 2 is 2.07 bits per heavy atom. The van der Waals surface area contributed by atoms with Crippen LogP contribution in [0.5, 0.6) is 5.75 Å². The Bertz CT molecular complexity index is 552. The van der Waals surface area contributed by atoms with E-state index < -0.39 is 0 Å². The summed E-state index contributed by atoms with van der Waals surface area (Å²) < 4.78 is 1.59. The summed E-state index contributed by atoms with van der Waals surface area (Å²) in [7, 11) is 1.73. The van der Waals surface area contributed by atoms with Crippen molar-refractivity contribution in [2.45, 2.75) is 6.92 Å². The molecule has 0 saturated heterocycles. The first kappa shape index (κ1) is 9.58. The predicted octanol–water partition coefficient (Wildman–Crippen LogP) is 1.39. The minimum atomic E-state index is -0.173. The monoisotopic (exact) mass is 204 g/mol. The second kappa shape index (κ2) is 3.31.